The van der Waals surface area contributed by atoms with Gasteiger partial charge in [0, 0.05) is 63.4 Å². The molecule has 5 nitrogen and oxygen atoms in total. The summed E-state index contributed by atoms with van der Waals surface area (Å²) in [6, 6.07) is 15.1. The number of thiophene rings is 1. The van der Waals surface area contributed by atoms with Crippen molar-refractivity contribution in [3.8, 4) is 0 Å². The van der Waals surface area contributed by atoms with E-state index in [2.05, 4.69) is 72.9 Å². The lowest BCUT2D eigenvalue weighted by atomic mass is 9.98. The highest BCUT2D eigenvalue weighted by atomic mass is 127. The van der Waals surface area contributed by atoms with Crippen molar-refractivity contribution in [1.82, 2.24) is 15.1 Å². The first-order valence-electron chi connectivity index (χ1n) is 10.8. The van der Waals surface area contributed by atoms with E-state index < -0.39 is 0 Å². The Bertz CT molecular complexity index is 759. The van der Waals surface area contributed by atoms with Crippen LogP contribution in [-0.2, 0) is 6.54 Å². The van der Waals surface area contributed by atoms with Gasteiger partial charge in [-0.25, -0.2) is 0 Å². The van der Waals surface area contributed by atoms with E-state index in [0.717, 1.165) is 45.2 Å². The summed E-state index contributed by atoms with van der Waals surface area (Å²) in [5, 5.41) is 5.86. The minimum atomic E-state index is 0. The number of likely N-dealkylation sites (tertiary alicyclic amines) is 1. The Hall–Kier alpha value is -1.32. The molecule has 4 rings (SSSR count). The van der Waals surface area contributed by atoms with Crippen LogP contribution in [0.1, 0.15) is 17.7 Å². The number of para-hydroxylation sites is 1. The highest BCUT2D eigenvalue weighted by Crippen LogP contribution is 2.20. The zero-order valence-corrected chi connectivity index (χ0v) is 21.0. The molecule has 2 saturated heterocycles. The number of rotatable bonds is 5. The molecule has 30 heavy (non-hydrogen) atoms. The van der Waals surface area contributed by atoms with Crippen molar-refractivity contribution in [1.29, 1.82) is 0 Å². The number of piperidine rings is 1. The van der Waals surface area contributed by atoms with Crippen LogP contribution in [0.3, 0.4) is 0 Å². The minimum Gasteiger partial charge on any atom is -0.368 e. The van der Waals surface area contributed by atoms with Gasteiger partial charge in [-0.1, -0.05) is 24.3 Å². The van der Waals surface area contributed by atoms with E-state index in [-0.39, 0.29) is 24.0 Å². The lowest BCUT2D eigenvalue weighted by Gasteiger charge is -2.38. The number of halogens is 1. The Morgan fingerprint density at radius 2 is 1.87 bits per heavy atom. The van der Waals surface area contributed by atoms with Crippen molar-refractivity contribution in [3.63, 3.8) is 0 Å². The first kappa shape index (κ1) is 23.3. The van der Waals surface area contributed by atoms with Crippen LogP contribution in [0.5, 0.6) is 0 Å². The zero-order chi connectivity index (χ0) is 19.9. The van der Waals surface area contributed by atoms with E-state index in [0.29, 0.717) is 5.92 Å². The SMILES string of the molecule is CN=C(NCC1CCCN(Cc2cccs2)C1)N1CCN(c2ccccc2)CC1.I. The average Bonchev–Trinajstić information content (AvgIpc) is 3.29. The van der Waals surface area contributed by atoms with Gasteiger partial charge in [0.25, 0.3) is 0 Å². The molecule has 7 heteroatoms. The molecule has 2 aliphatic heterocycles. The number of nitrogens with one attached hydrogen (secondary N) is 1. The molecule has 0 aliphatic carbocycles. The molecule has 0 spiro atoms. The van der Waals surface area contributed by atoms with Gasteiger partial charge < -0.3 is 15.1 Å². The van der Waals surface area contributed by atoms with Crippen LogP contribution in [0.2, 0.25) is 0 Å². The zero-order valence-electron chi connectivity index (χ0n) is 17.9. The highest BCUT2D eigenvalue weighted by Gasteiger charge is 2.23. The number of hydrogen-bond donors (Lipinski definition) is 1. The molecule has 2 aliphatic rings. The maximum Gasteiger partial charge on any atom is 0.193 e. The average molecular weight is 540 g/mol. The normalized spacial score (nSPS) is 20.7. The number of piperazine rings is 1. The van der Waals surface area contributed by atoms with Gasteiger partial charge in [0.2, 0.25) is 0 Å². The van der Waals surface area contributed by atoms with Crippen LogP contribution in [0.4, 0.5) is 5.69 Å². The molecular formula is C23H34IN5S. The maximum absolute atomic E-state index is 4.57. The standard InChI is InChI=1S/C23H33N5S.HI/c1-24-23(28-14-12-27(13-15-28)21-8-3-2-4-9-21)25-17-20-7-5-11-26(18-20)19-22-10-6-16-29-22;/h2-4,6,8-10,16,20H,5,7,11-15,17-19H2,1H3,(H,24,25);1H. The van der Waals surface area contributed by atoms with Crippen LogP contribution >= 0.6 is 35.3 Å². The number of aliphatic imine (C=N–C) groups is 1. The van der Waals surface area contributed by atoms with Gasteiger partial charge in [-0.15, -0.1) is 35.3 Å². The molecule has 1 unspecified atom stereocenters. The second-order valence-electron chi connectivity index (χ2n) is 8.06. The van der Waals surface area contributed by atoms with E-state index in [1.807, 2.05) is 18.4 Å². The predicted octanol–water partition coefficient (Wildman–Crippen LogP) is 3.98. The Labute approximate surface area is 202 Å². The maximum atomic E-state index is 4.57. The fourth-order valence-corrected chi connectivity index (χ4v) is 5.21. The summed E-state index contributed by atoms with van der Waals surface area (Å²) in [5.74, 6) is 1.76. The van der Waals surface area contributed by atoms with Gasteiger partial charge in [-0.05, 0) is 48.9 Å². The summed E-state index contributed by atoms with van der Waals surface area (Å²) >= 11 is 1.87. The molecule has 0 bridgehead atoms. The fourth-order valence-electron chi connectivity index (χ4n) is 4.47. The number of hydrogen-bond acceptors (Lipinski definition) is 4. The van der Waals surface area contributed by atoms with Crippen LogP contribution < -0.4 is 10.2 Å². The monoisotopic (exact) mass is 539 g/mol. The number of guanidine groups is 1. The number of benzene rings is 1. The van der Waals surface area contributed by atoms with E-state index in [9.17, 15) is 0 Å². The van der Waals surface area contributed by atoms with Crippen LogP contribution in [-0.4, -0.2) is 68.6 Å². The summed E-state index contributed by atoms with van der Waals surface area (Å²) in [7, 11) is 1.91. The summed E-state index contributed by atoms with van der Waals surface area (Å²) in [6.07, 6.45) is 2.61. The Morgan fingerprint density at radius 1 is 1.07 bits per heavy atom. The molecule has 1 aromatic heterocycles. The topological polar surface area (TPSA) is 34.1 Å². The third-order valence-electron chi connectivity index (χ3n) is 6.02. The van der Waals surface area contributed by atoms with Crippen molar-refractivity contribution in [2.45, 2.75) is 19.4 Å². The lowest BCUT2D eigenvalue weighted by molar-refractivity contribution is 0.169. The van der Waals surface area contributed by atoms with Gasteiger partial charge in [0.15, 0.2) is 5.96 Å². The number of anilines is 1. The smallest absolute Gasteiger partial charge is 0.193 e. The second-order valence-corrected chi connectivity index (χ2v) is 9.09. The van der Waals surface area contributed by atoms with Gasteiger partial charge >= 0.3 is 0 Å². The molecular weight excluding hydrogens is 505 g/mol. The van der Waals surface area contributed by atoms with Crippen LogP contribution in [0, 0.1) is 5.92 Å². The Kier molecular flexibility index (Phi) is 9.27. The van der Waals surface area contributed by atoms with E-state index in [1.54, 1.807) is 0 Å². The Morgan fingerprint density at radius 3 is 2.57 bits per heavy atom. The third kappa shape index (κ3) is 6.34. The van der Waals surface area contributed by atoms with E-state index in [4.69, 9.17) is 0 Å². The summed E-state index contributed by atoms with van der Waals surface area (Å²) in [5.41, 5.74) is 1.32. The lowest BCUT2D eigenvalue weighted by Crippen LogP contribution is -2.53. The summed E-state index contributed by atoms with van der Waals surface area (Å²) in [6.45, 7) is 8.66. The van der Waals surface area contributed by atoms with Crippen molar-refractivity contribution in [2.24, 2.45) is 10.9 Å². The first-order chi connectivity index (χ1) is 14.3. The second kappa shape index (κ2) is 11.9. The first-order valence-corrected chi connectivity index (χ1v) is 11.7. The quantitative estimate of drug-likeness (QED) is 0.354. The van der Waals surface area contributed by atoms with Crippen molar-refractivity contribution < 1.29 is 0 Å². The van der Waals surface area contributed by atoms with Crippen LogP contribution in [0.25, 0.3) is 0 Å². The van der Waals surface area contributed by atoms with Gasteiger partial charge in [-0.2, -0.15) is 0 Å². The number of nitrogens with zero attached hydrogens (tertiary/aromatic N) is 4. The van der Waals surface area contributed by atoms with Gasteiger partial charge in [0.05, 0.1) is 0 Å². The van der Waals surface area contributed by atoms with Crippen LogP contribution in [0.15, 0.2) is 52.8 Å². The molecule has 0 saturated carbocycles. The molecule has 2 fully saturated rings. The van der Waals surface area contributed by atoms with Gasteiger partial charge in [0.1, 0.15) is 0 Å². The van der Waals surface area contributed by atoms with Crippen molar-refractivity contribution >= 4 is 47.0 Å². The molecule has 1 N–H and O–H groups in total. The summed E-state index contributed by atoms with van der Waals surface area (Å²) in [4.78, 5) is 13.5. The largest absolute Gasteiger partial charge is 0.368 e. The molecule has 1 atom stereocenters. The highest BCUT2D eigenvalue weighted by molar-refractivity contribution is 14.0. The van der Waals surface area contributed by atoms with Crippen molar-refractivity contribution in [2.75, 3.05) is 57.8 Å². The minimum absolute atomic E-state index is 0. The molecule has 1 aromatic carbocycles. The molecule has 0 radical (unpaired) electrons. The molecule has 0 amide bonds. The third-order valence-corrected chi connectivity index (χ3v) is 6.89. The summed E-state index contributed by atoms with van der Waals surface area (Å²) < 4.78 is 0. The molecule has 3 heterocycles. The van der Waals surface area contributed by atoms with E-state index in [1.165, 1.54) is 36.5 Å². The molecule has 2 aromatic rings. The molecule has 164 valence electrons. The van der Waals surface area contributed by atoms with E-state index >= 15 is 0 Å². The Balaban J connectivity index is 0.00000256. The van der Waals surface area contributed by atoms with Crippen molar-refractivity contribution in [3.05, 3.63) is 52.7 Å². The van der Waals surface area contributed by atoms with Gasteiger partial charge in [-0.3, -0.25) is 9.89 Å². The fraction of sp³-hybridized carbons (Fsp3) is 0.522. The predicted molar refractivity (Wildman–Crippen MR) is 139 cm³/mol.